The molecule has 2 N–H and O–H groups in total. The fourth-order valence-corrected chi connectivity index (χ4v) is 1.59. The summed E-state index contributed by atoms with van der Waals surface area (Å²) in [7, 11) is 0. The summed E-state index contributed by atoms with van der Waals surface area (Å²) in [6.45, 7) is 1.97. The predicted molar refractivity (Wildman–Crippen MR) is 56.0 cm³/mol. The molecule has 0 aromatic carbocycles. The third kappa shape index (κ3) is 1.48. The van der Waals surface area contributed by atoms with E-state index in [-0.39, 0.29) is 5.95 Å². The lowest BCUT2D eigenvalue weighted by Crippen LogP contribution is -2.00. The third-order valence-electron chi connectivity index (χ3n) is 1.82. The van der Waals surface area contributed by atoms with Crippen molar-refractivity contribution in [1.29, 1.82) is 0 Å². The van der Waals surface area contributed by atoms with Crippen LogP contribution in [0.25, 0.3) is 5.69 Å². The van der Waals surface area contributed by atoms with Gasteiger partial charge in [-0.15, -0.1) is 5.10 Å². The SMILES string of the molecule is Cc1ccncc1-n1nc(N)nc1Br. The Hall–Kier alpha value is -1.43. The van der Waals surface area contributed by atoms with E-state index in [4.69, 9.17) is 5.73 Å². The molecule has 0 unspecified atom stereocenters. The molecule has 0 spiro atoms. The van der Waals surface area contributed by atoms with Gasteiger partial charge in [-0.25, -0.2) is 4.68 Å². The Bertz CT molecular complexity index is 465. The molecule has 0 saturated heterocycles. The van der Waals surface area contributed by atoms with E-state index in [0.717, 1.165) is 11.3 Å². The molecular weight excluding hydrogens is 246 g/mol. The van der Waals surface area contributed by atoms with Gasteiger partial charge in [0.25, 0.3) is 0 Å². The van der Waals surface area contributed by atoms with Crippen LogP contribution in [0, 0.1) is 6.92 Å². The highest BCUT2D eigenvalue weighted by Gasteiger charge is 2.08. The second kappa shape index (κ2) is 3.38. The van der Waals surface area contributed by atoms with Crippen molar-refractivity contribution in [3.63, 3.8) is 0 Å². The van der Waals surface area contributed by atoms with E-state index >= 15 is 0 Å². The number of hydrogen-bond acceptors (Lipinski definition) is 4. The number of aromatic nitrogens is 4. The van der Waals surface area contributed by atoms with Gasteiger partial charge in [-0.05, 0) is 34.5 Å². The second-order valence-electron chi connectivity index (χ2n) is 2.81. The maximum absolute atomic E-state index is 5.47. The van der Waals surface area contributed by atoms with Gasteiger partial charge in [0.15, 0.2) is 0 Å². The van der Waals surface area contributed by atoms with Crippen LogP contribution in [0.3, 0.4) is 0 Å². The van der Waals surface area contributed by atoms with Gasteiger partial charge in [0.05, 0.1) is 11.9 Å². The summed E-state index contributed by atoms with van der Waals surface area (Å²) in [5.41, 5.74) is 7.40. The number of pyridine rings is 1. The van der Waals surface area contributed by atoms with E-state index in [1.165, 1.54) is 0 Å². The molecule has 2 heterocycles. The molecule has 0 aliphatic carbocycles. The fraction of sp³-hybridized carbons (Fsp3) is 0.125. The lowest BCUT2D eigenvalue weighted by Gasteiger charge is -2.03. The average molecular weight is 254 g/mol. The Kier molecular flexibility index (Phi) is 2.20. The predicted octanol–water partition coefficient (Wildman–Crippen LogP) is 1.32. The zero-order valence-electron chi connectivity index (χ0n) is 7.48. The molecule has 2 aromatic rings. The van der Waals surface area contributed by atoms with Gasteiger partial charge >= 0.3 is 0 Å². The number of hydrogen-bond donors (Lipinski definition) is 1. The highest BCUT2D eigenvalue weighted by Crippen LogP contribution is 2.17. The first kappa shape index (κ1) is 9.14. The molecule has 0 bridgehead atoms. The molecule has 0 aliphatic rings. The van der Waals surface area contributed by atoms with Gasteiger partial charge in [-0.2, -0.15) is 4.98 Å². The third-order valence-corrected chi connectivity index (χ3v) is 2.34. The first-order chi connectivity index (χ1) is 6.68. The van der Waals surface area contributed by atoms with E-state index in [1.54, 1.807) is 17.1 Å². The second-order valence-corrected chi connectivity index (χ2v) is 3.52. The molecule has 0 saturated carbocycles. The minimum atomic E-state index is 0.236. The Morgan fingerprint density at radius 3 is 2.86 bits per heavy atom. The molecule has 6 heteroatoms. The number of nitrogens with zero attached hydrogens (tertiary/aromatic N) is 4. The van der Waals surface area contributed by atoms with Crippen molar-refractivity contribution in [2.45, 2.75) is 6.92 Å². The Morgan fingerprint density at radius 2 is 2.29 bits per heavy atom. The topological polar surface area (TPSA) is 69.6 Å². The van der Waals surface area contributed by atoms with Gasteiger partial charge in [0.1, 0.15) is 0 Å². The smallest absolute Gasteiger partial charge is 0.240 e. The Balaban J connectivity index is 2.60. The highest BCUT2D eigenvalue weighted by atomic mass is 79.9. The van der Waals surface area contributed by atoms with Gasteiger partial charge in [0, 0.05) is 6.20 Å². The fourth-order valence-electron chi connectivity index (χ4n) is 1.14. The molecule has 5 nitrogen and oxygen atoms in total. The first-order valence-electron chi connectivity index (χ1n) is 3.97. The standard InChI is InChI=1S/C8H8BrN5/c1-5-2-3-11-4-6(5)14-7(9)12-8(10)13-14/h2-4H,1H3,(H2,10,13). The molecule has 0 fully saturated rings. The number of rotatable bonds is 1. The van der Waals surface area contributed by atoms with Gasteiger partial charge < -0.3 is 5.73 Å². The van der Waals surface area contributed by atoms with Gasteiger partial charge in [-0.3, -0.25) is 4.98 Å². The molecule has 2 rings (SSSR count). The van der Waals surface area contributed by atoms with Crippen molar-refractivity contribution in [2.75, 3.05) is 5.73 Å². The van der Waals surface area contributed by atoms with E-state index in [9.17, 15) is 0 Å². The summed E-state index contributed by atoms with van der Waals surface area (Å²) in [6.07, 6.45) is 3.45. The van der Waals surface area contributed by atoms with Crippen LogP contribution in [-0.2, 0) is 0 Å². The van der Waals surface area contributed by atoms with Crippen molar-refractivity contribution >= 4 is 21.9 Å². The molecule has 72 valence electrons. The number of nitrogens with two attached hydrogens (primary N) is 1. The largest absolute Gasteiger partial charge is 0.366 e. The number of anilines is 1. The molecule has 0 amide bonds. The quantitative estimate of drug-likeness (QED) is 0.833. The van der Waals surface area contributed by atoms with E-state index in [2.05, 4.69) is 31.0 Å². The summed E-state index contributed by atoms with van der Waals surface area (Å²) in [6, 6.07) is 1.90. The van der Waals surface area contributed by atoms with Crippen molar-refractivity contribution in [3.8, 4) is 5.69 Å². The van der Waals surface area contributed by atoms with Crippen LogP contribution in [0.2, 0.25) is 0 Å². The minimum Gasteiger partial charge on any atom is -0.366 e. The molecular formula is C8H8BrN5. The van der Waals surface area contributed by atoms with Crippen molar-refractivity contribution in [3.05, 3.63) is 28.8 Å². The molecule has 0 aliphatic heterocycles. The highest BCUT2D eigenvalue weighted by molar-refractivity contribution is 9.10. The maximum Gasteiger partial charge on any atom is 0.240 e. The summed E-state index contributed by atoms with van der Waals surface area (Å²) < 4.78 is 2.18. The van der Waals surface area contributed by atoms with E-state index in [1.807, 2.05) is 13.0 Å². The minimum absolute atomic E-state index is 0.236. The van der Waals surface area contributed by atoms with Crippen LogP contribution in [0.5, 0.6) is 0 Å². The van der Waals surface area contributed by atoms with Crippen LogP contribution in [-0.4, -0.2) is 19.7 Å². The van der Waals surface area contributed by atoms with Crippen LogP contribution in [0.4, 0.5) is 5.95 Å². The Labute approximate surface area is 89.1 Å². The summed E-state index contributed by atoms with van der Waals surface area (Å²) in [5, 5.41) is 4.04. The Morgan fingerprint density at radius 1 is 1.50 bits per heavy atom. The zero-order valence-corrected chi connectivity index (χ0v) is 9.06. The van der Waals surface area contributed by atoms with Gasteiger partial charge in [0.2, 0.25) is 10.7 Å². The molecule has 14 heavy (non-hydrogen) atoms. The summed E-state index contributed by atoms with van der Waals surface area (Å²) in [4.78, 5) is 7.97. The van der Waals surface area contributed by atoms with E-state index in [0.29, 0.717) is 4.73 Å². The summed E-state index contributed by atoms with van der Waals surface area (Å²) >= 11 is 3.27. The molecule has 2 aromatic heterocycles. The summed E-state index contributed by atoms with van der Waals surface area (Å²) in [5.74, 6) is 0.236. The van der Waals surface area contributed by atoms with Crippen LogP contribution < -0.4 is 5.73 Å². The molecule has 0 radical (unpaired) electrons. The van der Waals surface area contributed by atoms with Crippen molar-refractivity contribution < 1.29 is 0 Å². The van der Waals surface area contributed by atoms with Crippen LogP contribution >= 0.6 is 15.9 Å². The number of nitrogen functional groups attached to an aromatic ring is 1. The van der Waals surface area contributed by atoms with Crippen molar-refractivity contribution in [2.24, 2.45) is 0 Å². The van der Waals surface area contributed by atoms with Crippen LogP contribution in [0.1, 0.15) is 5.56 Å². The number of aryl methyl sites for hydroxylation is 1. The average Bonchev–Trinajstić information content (AvgIpc) is 2.46. The van der Waals surface area contributed by atoms with Crippen LogP contribution in [0.15, 0.2) is 23.2 Å². The van der Waals surface area contributed by atoms with Crippen molar-refractivity contribution in [1.82, 2.24) is 19.7 Å². The zero-order chi connectivity index (χ0) is 10.1. The lowest BCUT2D eigenvalue weighted by molar-refractivity contribution is 0.846. The van der Waals surface area contributed by atoms with Gasteiger partial charge in [-0.1, -0.05) is 0 Å². The van der Waals surface area contributed by atoms with E-state index < -0.39 is 0 Å². The maximum atomic E-state index is 5.47. The number of halogens is 1. The molecule has 0 atom stereocenters. The first-order valence-corrected chi connectivity index (χ1v) is 4.77. The lowest BCUT2D eigenvalue weighted by atomic mass is 10.2. The normalized spacial score (nSPS) is 10.4. The monoisotopic (exact) mass is 253 g/mol.